The largest absolute Gasteiger partial charge is 0.493 e. The number of nitrogens with zero attached hydrogens (tertiary/aromatic N) is 4. The maximum atomic E-state index is 13.0. The molecule has 1 aliphatic rings. The van der Waals surface area contributed by atoms with Crippen molar-refractivity contribution < 1.29 is 23.2 Å². The van der Waals surface area contributed by atoms with Gasteiger partial charge in [-0.15, -0.1) is 0 Å². The molecule has 0 radical (unpaired) electrons. The van der Waals surface area contributed by atoms with Crippen molar-refractivity contribution in [2.45, 2.75) is 24.3 Å². The molecule has 146 valence electrons. The van der Waals surface area contributed by atoms with E-state index in [1.165, 1.54) is 19.2 Å². The van der Waals surface area contributed by atoms with E-state index in [4.69, 9.17) is 21.7 Å². The van der Waals surface area contributed by atoms with Gasteiger partial charge in [-0.3, -0.25) is 4.79 Å². The van der Waals surface area contributed by atoms with Crippen LogP contribution in [-0.4, -0.2) is 47.2 Å². The van der Waals surface area contributed by atoms with Crippen LogP contribution in [-0.2, 0) is 21.7 Å². The molecular weight excluding hydrogens is 408 g/mol. The van der Waals surface area contributed by atoms with Gasteiger partial charge in [0.25, 0.3) is 0 Å². The van der Waals surface area contributed by atoms with Crippen LogP contribution in [0.2, 0.25) is 5.02 Å². The number of aryl methyl sites for hydroxylation is 2. The molecule has 3 rings (SSSR count). The maximum Gasteiger partial charge on any atom is 0.220 e. The summed E-state index contributed by atoms with van der Waals surface area (Å²) in [5.41, 5.74) is 0.383. The molecule has 1 aliphatic heterocycles. The highest BCUT2D eigenvalue weighted by Gasteiger charge is 2.32. The number of sulfone groups is 1. The molecule has 1 N–H and O–H groups in total. The standard InChI is InChI=1S/C17H15ClN4O5S/c1-8-13(17(24)22(2)20-8)16(23)10-4-5-12(28(3,25)26)14(15(10)18)11-6-9(7-19)27-21-11/h4-5,9,24H,6H2,1-3H3. The van der Waals surface area contributed by atoms with Gasteiger partial charge >= 0.3 is 0 Å². The minimum absolute atomic E-state index is 0.00815. The van der Waals surface area contributed by atoms with Gasteiger partial charge in [0.2, 0.25) is 17.8 Å². The average molecular weight is 423 g/mol. The van der Waals surface area contributed by atoms with Gasteiger partial charge in [0.05, 0.1) is 21.3 Å². The molecule has 1 unspecified atom stereocenters. The van der Waals surface area contributed by atoms with E-state index in [1.807, 2.05) is 6.07 Å². The van der Waals surface area contributed by atoms with Gasteiger partial charge in [0.15, 0.2) is 9.84 Å². The van der Waals surface area contributed by atoms with Crippen molar-refractivity contribution in [3.63, 3.8) is 0 Å². The fourth-order valence-electron chi connectivity index (χ4n) is 2.95. The Hall–Kier alpha value is -2.90. The molecule has 28 heavy (non-hydrogen) atoms. The first-order chi connectivity index (χ1) is 13.1. The number of carbonyl (C=O) groups is 1. The zero-order valence-electron chi connectivity index (χ0n) is 15.1. The van der Waals surface area contributed by atoms with E-state index in [0.29, 0.717) is 5.69 Å². The van der Waals surface area contributed by atoms with Crippen molar-refractivity contribution in [1.82, 2.24) is 9.78 Å². The quantitative estimate of drug-likeness (QED) is 0.741. The van der Waals surface area contributed by atoms with Crippen LogP contribution >= 0.6 is 11.6 Å². The Balaban J connectivity index is 2.22. The number of ketones is 1. The molecule has 0 bridgehead atoms. The highest BCUT2D eigenvalue weighted by molar-refractivity contribution is 7.90. The van der Waals surface area contributed by atoms with Crippen molar-refractivity contribution in [1.29, 1.82) is 5.26 Å². The summed E-state index contributed by atoms with van der Waals surface area (Å²) >= 11 is 6.43. The highest BCUT2D eigenvalue weighted by Crippen LogP contribution is 2.34. The SMILES string of the molecule is Cc1nn(C)c(O)c1C(=O)c1ccc(S(C)(=O)=O)c(C2=NOC(C#N)C2)c1Cl. The van der Waals surface area contributed by atoms with Crippen molar-refractivity contribution in [2.75, 3.05) is 6.26 Å². The van der Waals surface area contributed by atoms with Crippen LogP contribution in [0, 0.1) is 18.3 Å². The summed E-state index contributed by atoms with van der Waals surface area (Å²) in [4.78, 5) is 17.8. The summed E-state index contributed by atoms with van der Waals surface area (Å²) < 4.78 is 25.6. The second-order valence-corrected chi connectivity index (χ2v) is 8.64. The maximum absolute atomic E-state index is 13.0. The lowest BCUT2D eigenvalue weighted by Crippen LogP contribution is -2.14. The van der Waals surface area contributed by atoms with Gasteiger partial charge in [0, 0.05) is 30.9 Å². The predicted molar refractivity (Wildman–Crippen MR) is 99.2 cm³/mol. The molecule has 0 saturated heterocycles. The number of aromatic hydroxyl groups is 1. The van der Waals surface area contributed by atoms with Crippen LogP contribution in [0.1, 0.15) is 33.6 Å². The Labute approximate surface area is 165 Å². The van der Waals surface area contributed by atoms with Crippen LogP contribution < -0.4 is 0 Å². The molecule has 0 fully saturated rings. The number of nitriles is 1. The zero-order chi connectivity index (χ0) is 20.8. The summed E-state index contributed by atoms with van der Waals surface area (Å²) in [7, 11) is -2.24. The molecule has 0 spiro atoms. The van der Waals surface area contributed by atoms with E-state index in [9.17, 15) is 18.3 Å². The molecule has 0 amide bonds. The van der Waals surface area contributed by atoms with Crippen molar-refractivity contribution in [2.24, 2.45) is 12.2 Å². The summed E-state index contributed by atoms with van der Waals surface area (Å²) in [6.45, 7) is 1.55. The number of hydrogen-bond donors (Lipinski definition) is 1. The molecule has 1 aromatic heterocycles. The van der Waals surface area contributed by atoms with E-state index < -0.39 is 21.7 Å². The van der Waals surface area contributed by atoms with Crippen LogP contribution in [0.25, 0.3) is 0 Å². The molecular formula is C17H15ClN4O5S. The second kappa shape index (κ2) is 6.92. The van der Waals surface area contributed by atoms with Gasteiger partial charge < -0.3 is 9.94 Å². The van der Waals surface area contributed by atoms with Gasteiger partial charge in [-0.1, -0.05) is 16.8 Å². The minimum atomic E-state index is -3.72. The number of rotatable bonds is 4. The first-order valence-corrected chi connectivity index (χ1v) is 10.3. The molecule has 2 aromatic rings. The Morgan fingerprint density at radius 1 is 1.46 bits per heavy atom. The monoisotopic (exact) mass is 422 g/mol. The van der Waals surface area contributed by atoms with E-state index >= 15 is 0 Å². The lowest BCUT2D eigenvalue weighted by atomic mass is 9.97. The second-order valence-electron chi connectivity index (χ2n) is 6.27. The smallest absolute Gasteiger partial charge is 0.220 e. The number of oxime groups is 1. The third kappa shape index (κ3) is 3.23. The van der Waals surface area contributed by atoms with Crippen molar-refractivity contribution >= 4 is 32.9 Å². The highest BCUT2D eigenvalue weighted by atomic mass is 35.5. The summed E-state index contributed by atoms with van der Waals surface area (Å²) in [6, 6.07) is 4.40. The number of benzene rings is 1. The van der Waals surface area contributed by atoms with E-state index in [0.717, 1.165) is 10.9 Å². The fraction of sp³-hybridized carbons (Fsp3) is 0.294. The number of aromatic nitrogens is 2. The topological polar surface area (TPSA) is 135 Å². The Bertz CT molecular complexity index is 1180. The van der Waals surface area contributed by atoms with Crippen LogP contribution in [0.3, 0.4) is 0 Å². The van der Waals surface area contributed by atoms with Crippen LogP contribution in [0.5, 0.6) is 5.88 Å². The first kappa shape index (κ1) is 19.9. The zero-order valence-corrected chi connectivity index (χ0v) is 16.7. The van der Waals surface area contributed by atoms with E-state index in [2.05, 4.69) is 10.3 Å². The summed E-state index contributed by atoms with van der Waals surface area (Å²) in [5.74, 6) is -0.954. The van der Waals surface area contributed by atoms with Gasteiger partial charge in [-0.25, -0.2) is 13.1 Å². The average Bonchev–Trinajstić information content (AvgIpc) is 3.18. The van der Waals surface area contributed by atoms with Crippen LogP contribution in [0.4, 0.5) is 0 Å². The van der Waals surface area contributed by atoms with E-state index in [-0.39, 0.29) is 44.6 Å². The van der Waals surface area contributed by atoms with Gasteiger partial charge in [-0.05, 0) is 19.1 Å². The minimum Gasteiger partial charge on any atom is -0.493 e. The number of hydrogen-bond acceptors (Lipinski definition) is 8. The lowest BCUT2D eigenvalue weighted by molar-refractivity contribution is 0.103. The van der Waals surface area contributed by atoms with Crippen molar-refractivity contribution in [3.05, 3.63) is 39.5 Å². The first-order valence-electron chi connectivity index (χ1n) is 7.98. The number of carbonyl (C=O) groups excluding carboxylic acids is 1. The summed E-state index contributed by atoms with van der Waals surface area (Å²) in [6.07, 6.45) is 0.148. The Morgan fingerprint density at radius 2 is 2.14 bits per heavy atom. The third-order valence-corrected chi connectivity index (χ3v) is 5.80. The normalized spacial score (nSPS) is 16.4. The van der Waals surface area contributed by atoms with Gasteiger partial charge in [-0.2, -0.15) is 10.4 Å². The molecule has 2 heterocycles. The Kier molecular flexibility index (Phi) is 4.91. The molecule has 1 aromatic carbocycles. The molecule has 0 saturated carbocycles. The summed E-state index contributed by atoms with van der Waals surface area (Å²) in [5, 5.41) is 26.7. The third-order valence-electron chi connectivity index (χ3n) is 4.27. The number of halogens is 1. The molecule has 9 nitrogen and oxygen atoms in total. The lowest BCUT2D eigenvalue weighted by Gasteiger charge is -2.13. The Morgan fingerprint density at radius 3 is 2.64 bits per heavy atom. The fourth-order valence-corrected chi connectivity index (χ4v) is 4.27. The molecule has 11 heteroatoms. The van der Waals surface area contributed by atoms with Crippen molar-refractivity contribution in [3.8, 4) is 11.9 Å². The molecule has 1 atom stereocenters. The van der Waals surface area contributed by atoms with E-state index in [1.54, 1.807) is 6.92 Å². The predicted octanol–water partition coefficient (Wildman–Crippen LogP) is 1.74. The van der Waals surface area contributed by atoms with Gasteiger partial charge in [0.1, 0.15) is 11.6 Å². The molecule has 0 aliphatic carbocycles. The van der Waals surface area contributed by atoms with Crippen LogP contribution in [0.15, 0.2) is 22.2 Å².